The summed E-state index contributed by atoms with van der Waals surface area (Å²) in [6.45, 7) is 2.11. The number of rotatable bonds is 4. The Bertz CT molecular complexity index is 538. The van der Waals surface area contributed by atoms with Crippen molar-refractivity contribution in [3.63, 3.8) is 0 Å². The molecule has 18 heavy (non-hydrogen) atoms. The van der Waals surface area contributed by atoms with Crippen molar-refractivity contribution >= 4 is 38.9 Å². The van der Waals surface area contributed by atoms with Gasteiger partial charge in [-0.25, -0.2) is 0 Å². The molecule has 1 aromatic carbocycles. The van der Waals surface area contributed by atoms with Gasteiger partial charge in [0.25, 0.3) is 0 Å². The molecule has 0 saturated carbocycles. The largest absolute Gasteiger partial charge is 0.313 e. The van der Waals surface area contributed by atoms with Crippen LogP contribution < -0.4 is 5.32 Å². The first-order valence-corrected chi connectivity index (χ1v) is 7.82. The summed E-state index contributed by atoms with van der Waals surface area (Å²) in [5, 5.41) is 6.27. The Morgan fingerprint density at radius 3 is 2.78 bits per heavy atom. The Hall–Kier alpha value is -0.350. The molecule has 0 fully saturated rings. The van der Waals surface area contributed by atoms with Crippen LogP contribution in [0.3, 0.4) is 0 Å². The molecule has 0 radical (unpaired) electrons. The van der Waals surface area contributed by atoms with Gasteiger partial charge < -0.3 is 5.32 Å². The minimum Gasteiger partial charge on any atom is -0.313 e. The lowest BCUT2D eigenvalue weighted by molar-refractivity contribution is 0.594. The van der Waals surface area contributed by atoms with Gasteiger partial charge in [0.15, 0.2) is 0 Å². The summed E-state index contributed by atoms with van der Waals surface area (Å²) in [5.41, 5.74) is 2.53. The molecule has 0 saturated heterocycles. The van der Waals surface area contributed by atoms with Gasteiger partial charge in [-0.2, -0.15) is 0 Å². The van der Waals surface area contributed by atoms with Crippen molar-refractivity contribution in [2.75, 3.05) is 7.05 Å². The van der Waals surface area contributed by atoms with Crippen LogP contribution in [0.25, 0.3) is 0 Å². The van der Waals surface area contributed by atoms with Gasteiger partial charge in [0, 0.05) is 21.8 Å². The Labute approximate surface area is 125 Å². The van der Waals surface area contributed by atoms with E-state index in [0.29, 0.717) is 0 Å². The molecule has 1 unspecified atom stereocenters. The monoisotopic (exact) mass is 343 g/mol. The molecule has 1 nitrogen and oxygen atoms in total. The normalized spacial score (nSPS) is 12.7. The van der Waals surface area contributed by atoms with Crippen molar-refractivity contribution in [2.24, 2.45) is 0 Å². The van der Waals surface area contributed by atoms with E-state index in [0.717, 1.165) is 11.4 Å². The summed E-state index contributed by atoms with van der Waals surface area (Å²) >= 11 is 11.6. The number of aryl methyl sites for hydroxylation is 1. The van der Waals surface area contributed by atoms with E-state index in [1.54, 1.807) is 11.3 Å². The summed E-state index contributed by atoms with van der Waals surface area (Å²) in [6.07, 6.45) is 0.912. The predicted octanol–water partition coefficient (Wildman–Crippen LogP) is 4.98. The van der Waals surface area contributed by atoms with Crippen LogP contribution in [0.5, 0.6) is 0 Å². The fourth-order valence-corrected chi connectivity index (χ4v) is 3.66. The first kappa shape index (κ1) is 14.1. The van der Waals surface area contributed by atoms with E-state index < -0.39 is 0 Å². The van der Waals surface area contributed by atoms with E-state index >= 15 is 0 Å². The maximum Gasteiger partial charge on any atom is 0.0545 e. The third kappa shape index (κ3) is 2.97. The molecule has 0 amide bonds. The van der Waals surface area contributed by atoms with E-state index in [4.69, 9.17) is 11.6 Å². The Morgan fingerprint density at radius 2 is 2.17 bits per heavy atom. The third-order valence-electron chi connectivity index (χ3n) is 3.03. The molecule has 1 aromatic heterocycles. The highest BCUT2D eigenvalue weighted by atomic mass is 79.9. The minimum atomic E-state index is 0.274. The zero-order valence-electron chi connectivity index (χ0n) is 10.3. The Balaban J connectivity index is 2.29. The first-order chi connectivity index (χ1) is 8.63. The van der Waals surface area contributed by atoms with Gasteiger partial charge in [0.2, 0.25) is 0 Å². The van der Waals surface area contributed by atoms with Crippen LogP contribution >= 0.6 is 38.9 Å². The number of nitrogens with one attached hydrogen (secondary N) is 1. The number of likely N-dealkylation sites (N-methyl/N-ethyl adjacent to an activating group) is 1. The molecule has 0 spiro atoms. The lowest BCUT2D eigenvalue weighted by Crippen LogP contribution is -2.19. The Morgan fingerprint density at radius 1 is 1.39 bits per heavy atom. The van der Waals surface area contributed by atoms with Gasteiger partial charge >= 0.3 is 0 Å². The van der Waals surface area contributed by atoms with Gasteiger partial charge in [0.05, 0.1) is 5.02 Å². The van der Waals surface area contributed by atoms with Crippen LogP contribution in [0, 0.1) is 6.92 Å². The van der Waals surface area contributed by atoms with Crippen LogP contribution in [0.2, 0.25) is 5.02 Å². The summed E-state index contributed by atoms with van der Waals surface area (Å²) < 4.78 is 1.18. The molecule has 0 aliphatic carbocycles. The second-order valence-corrected chi connectivity index (χ2v) is 6.42. The fourth-order valence-electron chi connectivity index (χ4n) is 1.96. The van der Waals surface area contributed by atoms with Crippen LogP contribution in [0.1, 0.15) is 22.0 Å². The standard InChI is InChI=1S/C14H15BrClNS/c1-9-4-3-5-10(14(9)15)12(17-2)8-13-11(16)6-7-18-13/h3-7,12,17H,8H2,1-2H3. The molecule has 96 valence electrons. The Kier molecular flexibility index (Phi) is 4.84. The number of hydrogen-bond donors (Lipinski definition) is 1. The van der Waals surface area contributed by atoms with E-state index in [-0.39, 0.29) is 6.04 Å². The number of benzene rings is 1. The zero-order chi connectivity index (χ0) is 13.1. The van der Waals surface area contributed by atoms with Crippen molar-refractivity contribution in [3.05, 3.63) is 55.1 Å². The van der Waals surface area contributed by atoms with Crippen molar-refractivity contribution in [2.45, 2.75) is 19.4 Å². The summed E-state index contributed by atoms with van der Waals surface area (Å²) in [6, 6.07) is 8.59. The third-order valence-corrected chi connectivity index (χ3v) is 5.52. The fraction of sp³-hybridized carbons (Fsp3) is 0.286. The van der Waals surface area contributed by atoms with Crippen molar-refractivity contribution in [1.29, 1.82) is 0 Å². The highest BCUT2D eigenvalue weighted by molar-refractivity contribution is 9.10. The number of halogens is 2. The van der Waals surface area contributed by atoms with E-state index in [9.17, 15) is 0 Å². The zero-order valence-corrected chi connectivity index (χ0v) is 13.5. The van der Waals surface area contributed by atoms with Gasteiger partial charge in [0.1, 0.15) is 0 Å². The van der Waals surface area contributed by atoms with Crippen molar-refractivity contribution < 1.29 is 0 Å². The molecule has 0 bridgehead atoms. The summed E-state index contributed by atoms with van der Waals surface area (Å²) in [5.74, 6) is 0. The molecular formula is C14H15BrClNS. The maximum atomic E-state index is 6.17. The quantitative estimate of drug-likeness (QED) is 0.825. The topological polar surface area (TPSA) is 12.0 Å². The highest BCUT2D eigenvalue weighted by Gasteiger charge is 2.16. The number of thiophene rings is 1. The van der Waals surface area contributed by atoms with Gasteiger partial charge in [-0.3, -0.25) is 0 Å². The molecule has 1 atom stereocenters. The average molecular weight is 345 g/mol. The highest BCUT2D eigenvalue weighted by Crippen LogP contribution is 2.32. The van der Waals surface area contributed by atoms with Crippen LogP contribution in [-0.2, 0) is 6.42 Å². The molecule has 0 aliphatic heterocycles. The lowest BCUT2D eigenvalue weighted by atomic mass is 10.0. The lowest BCUT2D eigenvalue weighted by Gasteiger charge is -2.18. The second-order valence-electron chi connectivity index (χ2n) is 4.22. The van der Waals surface area contributed by atoms with Crippen LogP contribution in [0.4, 0.5) is 0 Å². The SMILES string of the molecule is CNC(Cc1sccc1Cl)c1cccc(C)c1Br. The second kappa shape index (κ2) is 6.20. The first-order valence-electron chi connectivity index (χ1n) is 5.77. The van der Waals surface area contributed by atoms with Gasteiger partial charge in [-0.05, 0) is 36.5 Å². The number of hydrogen-bond acceptors (Lipinski definition) is 2. The molecule has 1 N–H and O–H groups in total. The summed E-state index contributed by atoms with van der Waals surface area (Å²) in [7, 11) is 1.99. The van der Waals surface area contributed by atoms with E-state index in [2.05, 4.69) is 46.4 Å². The smallest absolute Gasteiger partial charge is 0.0545 e. The average Bonchev–Trinajstić information content (AvgIpc) is 2.76. The molecular weight excluding hydrogens is 330 g/mol. The molecule has 0 aliphatic rings. The predicted molar refractivity (Wildman–Crippen MR) is 83.7 cm³/mol. The van der Waals surface area contributed by atoms with Crippen molar-refractivity contribution in [1.82, 2.24) is 5.32 Å². The molecule has 2 rings (SSSR count). The van der Waals surface area contributed by atoms with Crippen molar-refractivity contribution in [3.8, 4) is 0 Å². The molecule has 2 aromatic rings. The maximum absolute atomic E-state index is 6.17. The summed E-state index contributed by atoms with van der Waals surface area (Å²) in [4.78, 5) is 1.23. The van der Waals surface area contributed by atoms with Crippen LogP contribution in [-0.4, -0.2) is 7.05 Å². The van der Waals surface area contributed by atoms with Gasteiger partial charge in [-0.15, -0.1) is 11.3 Å². The van der Waals surface area contributed by atoms with Gasteiger partial charge in [-0.1, -0.05) is 45.7 Å². The van der Waals surface area contributed by atoms with E-state index in [1.807, 2.05) is 18.5 Å². The minimum absolute atomic E-state index is 0.274. The molecule has 4 heteroatoms. The van der Waals surface area contributed by atoms with Crippen LogP contribution in [0.15, 0.2) is 34.1 Å². The molecule has 1 heterocycles. The van der Waals surface area contributed by atoms with E-state index in [1.165, 1.54) is 20.5 Å².